The van der Waals surface area contributed by atoms with E-state index in [1.54, 1.807) is 10.9 Å². The molecule has 7 heteroatoms. The summed E-state index contributed by atoms with van der Waals surface area (Å²) >= 11 is 5.91. The zero-order valence-corrected chi connectivity index (χ0v) is 15.2. The highest BCUT2D eigenvalue weighted by atomic mass is 35.5. The van der Waals surface area contributed by atoms with Crippen molar-refractivity contribution >= 4 is 29.9 Å². The number of nitrogens with zero attached hydrogens (tertiary/aromatic N) is 3. The number of rotatable bonds is 3. The van der Waals surface area contributed by atoms with E-state index in [0.717, 1.165) is 37.3 Å². The Kier molecular flexibility index (Phi) is 6.27. The number of amides is 1. The molecule has 1 fully saturated rings. The number of aromatic nitrogens is 2. The summed E-state index contributed by atoms with van der Waals surface area (Å²) in [7, 11) is 0. The van der Waals surface area contributed by atoms with Crippen LogP contribution in [0.25, 0.3) is 5.69 Å². The second kappa shape index (κ2) is 8.01. The molecule has 130 valence electrons. The van der Waals surface area contributed by atoms with E-state index in [-0.39, 0.29) is 18.3 Å². The van der Waals surface area contributed by atoms with Crippen LogP contribution in [0.3, 0.4) is 0 Å². The number of likely N-dealkylation sites (tertiary alicyclic amines) is 1. The summed E-state index contributed by atoms with van der Waals surface area (Å²) in [5, 5.41) is 5.14. The number of hydrogen-bond donors (Lipinski definition) is 1. The van der Waals surface area contributed by atoms with E-state index in [9.17, 15) is 4.79 Å². The molecule has 2 aromatic rings. The summed E-state index contributed by atoms with van der Waals surface area (Å²) in [5.41, 5.74) is 8.00. The van der Waals surface area contributed by atoms with Crippen LogP contribution < -0.4 is 5.73 Å². The van der Waals surface area contributed by atoms with E-state index >= 15 is 0 Å². The van der Waals surface area contributed by atoms with Crippen LogP contribution in [0.5, 0.6) is 0 Å². The van der Waals surface area contributed by atoms with E-state index in [1.807, 2.05) is 36.1 Å². The molecule has 5 nitrogen and oxygen atoms in total. The Morgan fingerprint density at radius 2 is 1.92 bits per heavy atom. The molecule has 24 heavy (non-hydrogen) atoms. The SMILES string of the molecule is Cc1nn(-c2ccc(Cl)cc2)cc1C(=O)N1CCC(CN)CC1.Cl. The molecule has 0 bridgehead atoms. The smallest absolute Gasteiger partial charge is 0.257 e. The van der Waals surface area contributed by atoms with Crippen LogP contribution in [0.4, 0.5) is 0 Å². The third-order valence-electron chi connectivity index (χ3n) is 4.46. The monoisotopic (exact) mass is 368 g/mol. The van der Waals surface area contributed by atoms with E-state index in [0.29, 0.717) is 23.0 Å². The van der Waals surface area contributed by atoms with Gasteiger partial charge in [-0.3, -0.25) is 4.79 Å². The zero-order valence-electron chi connectivity index (χ0n) is 13.6. The quantitative estimate of drug-likeness (QED) is 0.905. The van der Waals surface area contributed by atoms with Crippen molar-refractivity contribution in [3.8, 4) is 5.69 Å². The summed E-state index contributed by atoms with van der Waals surface area (Å²) in [4.78, 5) is 14.6. The van der Waals surface area contributed by atoms with Gasteiger partial charge in [-0.25, -0.2) is 4.68 Å². The first-order valence-electron chi connectivity index (χ1n) is 7.90. The Bertz CT molecular complexity index is 691. The minimum Gasteiger partial charge on any atom is -0.339 e. The number of halogens is 2. The van der Waals surface area contributed by atoms with E-state index in [1.165, 1.54) is 0 Å². The first-order chi connectivity index (χ1) is 11.1. The number of benzene rings is 1. The normalized spacial score (nSPS) is 15.2. The average Bonchev–Trinajstić information content (AvgIpc) is 2.96. The largest absolute Gasteiger partial charge is 0.339 e. The van der Waals surface area contributed by atoms with E-state index in [2.05, 4.69) is 5.10 Å². The maximum Gasteiger partial charge on any atom is 0.257 e. The minimum absolute atomic E-state index is 0. The molecule has 0 aliphatic carbocycles. The molecule has 0 saturated carbocycles. The molecule has 1 amide bonds. The van der Waals surface area contributed by atoms with E-state index in [4.69, 9.17) is 17.3 Å². The lowest BCUT2D eigenvalue weighted by Gasteiger charge is -2.31. The molecule has 1 aliphatic heterocycles. The maximum absolute atomic E-state index is 12.7. The lowest BCUT2D eigenvalue weighted by atomic mass is 9.97. The first kappa shape index (κ1) is 18.8. The molecule has 2 N–H and O–H groups in total. The van der Waals surface area contributed by atoms with Gasteiger partial charge in [0.05, 0.1) is 16.9 Å². The van der Waals surface area contributed by atoms with Crippen LogP contribution in [-0.4, -0.2) is 40.2 Å². The number of nitrogens with two attached hydrogens (primary N) is 1. The fourth-order valence-corrected chi connectivity index (χ4v) is 3.06. The first-order valence-corrected chi connectivity index (χ1v) is 8.28. The number of hydrogen-bond acceptors (Lipinski definition) is 3. The summed E-state index contributed by atoms with van der Waals surface area (Å²) in [5.74, 6) is 0.593. The lowest BCUT2D eigenvalue weighted by molar-refractivity contribution is 0.0692. The number of carbonyl (C=O) groups excluding carboxylic acids is 1. The van der Waals surface area contributed by atoms with Crippen LogP contribution in [0.15, 0.2) is 30.5 Å². The summed E-state index contributed by atoms with van der Waals surface area (Å²) < 4.78 is 1.73. The Labute approximate surface area is 153 Å². The third kappa shape index (κ3) is 3.91. The van der Waals surface area contributed by atoms with Crippen molar-refractivity contribution < 1.29 is 4.79 Å². The van der Waals surface area contributed by atoms with Gasteiger partial charge in [-0.15, -0.1) is 12.4 Å². The fourth-order valence-electron chi connectivity index (χ4n) is 2.94. The minimum atomic E-state index is 0. The van der Waals surface area contributed by atoms with Crippen LogP contribution >= 0.6 is 24.0 Å². The summed E-state index contributed by atoms with van der Waals surface area (Å²) in [6.45, 7) is 4.11. The molecule has 0 unspecified atom stereocenters. The Hall–Kier alpha value is -1.56. The Morgan fingerprint density at radius 3 is 2.50 bits per heavy atom. The van der Waals surface area contributed by atoms with Gasteiger partial charge in [-0.05, 0) is 56.5 Å². The van der Waals surface area contributed by atoms with Crippen LogP contribution in [0, 0.1) is 12.8 Å². The average molecular weight is 369 g/mol. The van der Waals surface area contributed by atoms with Crippen molar-refractivity contribution in [2.75, 3.05) is 19.6 Å². The molecule has 1 saturated heterocycles. The van der Waals surface area contributed by atoms with Crippen LogP contribution in [-0.2, 0) is 0 Å². The number of carbonyl (C=O) groups is 1. The van der Waals surface area contributed by atoms with Gasteiger partial charge in [0.25, 0.3) is 5.91 Å². The standard InChI is InChI=1S/C17H21ClN4O.ClH/c1-12-16(17(23)21-8-6-13(10-19)7-9-21)11-22(20-12)15-4-2-14(18)3-5-15;/h2-5,11,13H,6-10,19H2,1H3;1H. The molecule has 1 aromatic heterocycles. The number of piperidine rings is 1. The van der Waals surface area contributed by atoms with Gasteiger partial charge < -0.3 is 10.6 Å². The molecular weight excluding hydrogens is 347 g/mol. The van der Waals surface area contributed by atoms with Crippen molar-refractivity contribution in [2.24, 2.45) is 11.7 Å². The van der Waals surface area contributed by atoms with Gasteiger partial charge in [0, 0.05) is 24.3 Å². The molecule has 0 radical (unpaired) electrons. The molecule has 2 heterocycles. The van der Waals surface area contributed by atoms with E-state index < -0.39 is 0 Å². The van der Waals surface area contributed by atoms with Gasteiger partial charge in [0.1, 0.15) is 0 Å². The molecule has 0 atom stereocenters. The molecular formula is C17H22Cl2N4O. The second-order valence-corrected chi connectivity index (χ2v) is 6.46. The summed E-state index contributed by atoms with van der Waals surface area (Å²) in [6, 6.07) is 7.39. The van der Waals surface area contributed by atoms with Crippen LogP contribution in [0.1, 0.15) is 28.9 Å². The third-order valence-corrected chi connectivity index (χ3v) is 4.71. The van der Waals surface area contributed by atoms with Gasteiger partial charge in [-0.2, -0.15) is 5.10 Å². The maximum atomic E-state index is 12.7. The van der Waals surface area contributed by atoms with Crippen molar-refractivity contribution in [3.63, 3.8) is 0 Å². The van der Waals surface area contributed by atoms with Gasteiger partial charge in [0.2, 0.25) is 0 Å². The molecule has 3 rings (SSSR count). The molecule has 0 spiro atoms. The topological polar surface area (TPSA) is 64.2 Å². The predicted octanol–water partition coefficient (Wildman–Crippen LogP) is 3.07. The van der Waals surface area contributed by atoms with Crippen molar-refractivity contribution in [1.29, 1.82) is 0 Å². The van der Waals surface area contributed by atoms with Crippen LogP contribution in [0.2, 0.25) is 5.02 Å². The number of aryl methyl sites for hydroxylation is 1. The van der Waals surface area contributed by atoms with Crippen molar-refractivity contribution in [1.82, 2.24) is 14.7 Å². The Balaban J connectivity index is 0.00000208. The molecule has 1 aliphatic rings. The van der Waals surface area contributed by atoms with Gasteiger partial charge in [0.15, 0.2) is 0 Å². The van der Waals surface area contributed by atoms with Gasteiger partial charge in [-0.1, -0.05) is 11.6 Å². The van der Waals surface area contributed by atoms with Gasteiger partial charge >= 0.3 is 0 Å². The van der Waals surface area contributed by atoms with Crippen molar-refractivity contribution in [2.45, 2.75) is 19.8 Å². The second-order valence-electron chi connectivity index (χ2n) is 6.02. The zero-order chi connectivity index (χ0) is 16.4. The highest BCUT2D eigenvalue weighted by molar-refractivity contribution is 6.30. The molecule has 1 aromatic carbocycles. The van der Waals surface area contributed by atoms with Crippen molar-refractivity contribution in [3.05, 3.63) is 46.7 Å². The highest BCUT2D eigenvalue weighted by Crippen LogP contribution is 2.20. The highest BCUT2D eigenvalue weighted by Gasteiger charge is 2.25. The Morgan fingerprint density at radius 1 is 1.29 bits per heavy atom. The lowest BCUT2D eigenvalue weighted by Crippen LogP contribution is -2.40. The predicted molar refractivity (Wildman–Crippen MR) is 98.2 cm³/mol. The summed E-state index contributed by atoms with van der Waals surface area (Å²) in [6.07, 6.45) is 3.76. The fraction of sp³-hybridized carbons (Fsp3) is 0.412.